The quantitative estimate of drug-likeness (QED) is 0.590. The van der Waals surface area contributed by atoms with Crippen LogP contribution in [0, 0.1) is 19.7 Å². The van der Waals surface area contributed by atoms with E-state index in [4.69, 9.17) is 4.74 Å². The molecule has 0 aliphatic carbocycles. The van der Waals surface area contributed by atoms with Crippen LogP contribution in [-0.4, -0.2) is 34.7 Å². The number of ether oxygens (including phenoxy) is 1. The van der Waals surface area contributed by atoms with E-state index in [2.05, 4.69) is 20.5 Å². The van der Waals surface area contributed by atoms with E-state index >= 15 is 0 Å². The number of benzene rings is 1. The molecule has 0 bridgehead atoms. The van der Waals surface area contributed by atoms with Crippen LogP contribution < -0.4 is 15.0 Å². The van der Waals surface area contributed by atoms with E-state index in [0.717, 1.165) is 21.1 Å². The number of anilines is 1. The minimum atomic E-state index is -0.266. The normalized spacial score (nSPS) is 11.8. The van der Waals surface area contributed by atoms with Crippen LogP contribution in [0.25, 0.3) is 0 Å². The summed E-state index contributed by atoms with van der Waals surface area (Å²) >= 11 is 1.61. The summed E-state index contributed by atoms with van der Waals surface area (Å²) in [6.45, 7) is 6.23. The number of rotatable bonds is 8. The molecule has 0 saturated heterocycles. The number of halogens is 1. The van der Waals surface area contributed by atoms with Gasteiger partial charge in [0.05, 0.1) is 16.7 Å². The fourth-order valence-corrected chi connectivity index (χ4v) is 3.89. The zero-order valence-corrected chi connectivity index (χ0v) is 18.2. The van der Waals surface area contributed by atoms with Gasteiger partial charge in [0.25, 0.3) is 5.91 Å². The maximum Gasteiger partial charge on any atom is 0.258 e. The number of nitrogens with one attached hydrogen (secondary N) is 1. The van der Waals surface area contributed by atoms with Crippen molar-refractivity contribution in [3.05, 3.63) is 63.4 Å². The van der Waals surface area contributed by atoms with Gasteiger partial charge in [0.2, 0.25) is 5.88 Å². The number of aromatic nitrogens is 3. The maximum absolute atomic E-state index is 13.0. The molecule has 0 aliphatic heterocycles. The van der Waals surface area contributed by atoms with Gasteiger partial charge in [-0.1, -0.05) is 12.1 Å². The third-order valence-electron chi connectivity index (χ3n) is 4.43. The standard InChI is InChI=1S/C21H24FN5O2S/c1-13(21-14(2)30-15(3)24-21)23-19(28)12-29-20-10-9-18(25-26-20)27(4)11-16-5-7-17(22)8-6-16/h5-10,13H,11-12H2,1-4H3,(H,23,28)/t13-/m1/s1. The van der Waals surface area contributed by atoms with Crippen molar-refractivity contribution in [2.75, 3.05) is 18.6 Å². The summed E-state index contributed by atoms with van der Waals surface area (Å²) in [6.07, 6.45) is 0. The highest BCUT2D eigenvalue weighted by Crippen LogP contribution is 2.22. The average Bonchev–Trinajstić information content (AvgIpc) is 3.06. The summed E-state index contributed by atoms with van der Waals surface area (Å²) in [6, 6.07) is 9.53. The van der Waals surface area contributed by atoms with Crippen molar-refractivity contribution >= 4 is 23.1 Å². The molecular formula is C21H24FN5O2S. The minimum Gasteiger partial charge on any atom is -0.466 e. The third-order valence-corrected chi connectivity index (χ3v) is 5.33. The number of carbonyl (C=O) groups is 1. The van der Waals surface area contributed by atoms with Crippen LogP contribution in [-0.2, 0) is 11.3 Å². The van der Waals surface area contributed by atoms with E-state index in [9.17, 15) is 9.18 Å². The van der Waals surface area contributed by atoms with Crippen molar-refractivity contribution in [3.63, 3.8) is 0 Å². The topological polar surface area (TPSA) is 80.2 Å². The van der Waals surface area contributed by atoms with Crippen LogP contribution in [0.1, 0.15) is 34.1 Å². The van der Waals surface area contributed by atoms with Crippen LogP contribution >= 0.6 is 11.3 Å². The molecule has 1 aromatic carbocycles. The van der Waals surface area contributed by atoms with E-state index in [1.165, 1.54) is 12.1 Å². The Kier molecular flexibility index (Phi) is 6.94. The van der Waals surface area contributed by atoms with Crippen LogP contribution in [0.4, 0.5) is 10.2 Å². The van der Waals surface area contributed by atoms with Gasteiger partial charge in [-0.2, -0.15) is 0 Å². The molecule has 1 N–H and O–H groups in total. The van der Waals surface area contributed by atoms with E-state index in [-0.39, 0.29) is 30.3 Å². The second kappa shape index (κ2) is 9.62. The van der Waals surface area contributed by atoms with E-state index < -0.39 is 0 Å². The highest BCUT2D eigenvalue weighted by Gasteiger charge is 2.16. The Labute approximate surface area is 178 Å². The fraction of sp³-hybridized carbons (Fsp3) is 0.333. The molecule has 1 atom stereocenters. The molecule has 0 radical (unpaired) electrons. The lowest BCUT2D eigenvalue weighted by Crippen LogP contribution is -2.31. The first kappa shape index (κ1) is 21.6. The zero-order chi connectivity index (χ0) is 21.7. The lowest BCUT2D eigenvalue weighted by atomic mass is 10.2. The van der Waals surface area contributed by atoms with Crippen molar-refractivity contribution in [1.29, 1.82) is 0 Å². The maximum atomic E-state index is 13.0. The van der Waals surface area contributed by atoms with E-state index in [1.807, 2.05) is 32.7 Å². The molecule has 3 aromatic rings. The molecule has 1 amide bonds. The SMILES string of the molecule is Cc1nc([C@@H](C)NC(=O)COc2ccc(N(C)Cc3ccc(F)cc3)nn2)c(C)s1. The fourth-order valence-electron chi connectivity index (χ4n) is 2.98. The molecule has 3 rings (SSSR count). The molecule has 0 fully saturated rings. The molecule has 9 heteroatoms. The van der Waals surface area contributed by atoms with Gasteiger partial charge in [0, 0.05) is 24.5 Å². The third kappa shape index (κ3) is 5.73. The van der Waals surface area contributed by atoms with Crippen molar-refractivity contribution < 1.29 is 13.9 Å². The first-order chi connectivity index (χ1) is 14.3. The second-order valence-corrected chi connectivity index (χ2v) is 8.37. The lowest BCUT2D eigenvalue weighted by molar-refractivity contribution is -0.123. The predicted molar refractivity (Wildman–Crippen MR) is 114 cm³/mol. The smallest absolute Gasteiger partial charge is 0.258 e. The van der Waals surface area contributed by atoms with Gasteiger partial charge in [0.15, 0.2) is 12.4 Å². The Morgan fingerprint density at radius 1 is 1.20 bits per heavy atom. The molecule has 158 valence electrons. The molecule has 0 spiro atoms. The number of amides is 1. The van der Waals surface area contributed by atoms with Gasteiger partial charge >= 0.3 is 0 Å². The number of thiazole rings is 1. The summed E-state index contributed by atoms with van der Waals surface area (Å²) in [5.41, 5.74) is 1.83. The molecule has 2 aromatic heterocycles. The number of hydrogen-bond donors (Lipinski definition) is 1. The van der Waals surface area contributed by atoms with Gasteiger partial charge < -0.3 is 15.0 Å². The van der Waals surface area contributed by atoms with Gasteiger partial charge in [-0.15, -0.1) is 21.5 Å². The Bertz CT molecular complexity index is 992. The summed E-state index contributed by atoms with van der Waals surface area (Å²) < 4.78 is 18.5. The van der Waals surface area contributed by atoms with Gasteiger partial charge in [-0.25, -0.2) is 9.37 Å². The summed E-state index contributed by atoms with van der Waals surface area (Å²) in [5.74, 6) is 0.376. The summed E-state index contributed by atoms with van der Waals surface area (Å²) in [4.78, 5) is 19.6. The first-order valence-electron chi connectivity index (χ1n) is 9.47. The first-order valence-corrected chi connectivity index (χ1v) is 10.3. The molecule has 0 unspecified atom stereocenters. The van der Waals surface area contributed by atoms with Crippen LogP contribution in [0.5, 0.6) is 5.88 Å². The predicted octanol–water partition coefficient (Wildman–Crippen LogP) is 3.58. The molecular weight excluding hydrogens is 405 g/mol. The highest BCUT2D eigenvalue weighted by atomic mass is 32.1. The van der Waals surface area contributed by atoms with Crippen LogP contribution in [0.2, 0.25) is 0 Å². The van der Waals surface area contributed by atoms with Crippen LogP contribution in [0.3, 0.4) is 0 Å². The average molecular weight is 430 g/mol. The van der Waals surface area contributed by atoms with Gasteiger partial charge in [0.1, 0.15) is 5.82 Å². The Balaban J connectivity index is 1.49. The second-order valence-electron chi connectivity index (χ2n) is 6.96. The Hall–Kier alpha value is -3.07. The van der Waals surface area contributed by atoms with E-state index in [1.54, 1.807) is 35.6 Å². The number of aryl methyl sites for hydroxylation is 2. The van der Waals surface area contributed by atoms with Gasteiger partial charge in [-0.3, -0.25) is 4.79 Å². The number of carbonyl (C=O) groups excluding carboxylic acids is 1. The monoisotopic (exact) mass is 429 g/mol. The largest absolute Gasteiger partial charge is 0.466 e. The number of nitrogens with zero attached hydrogens (tertiary/aromatic N) is 4. The number of hydrogen-bond acceptors (Lipinski definition) is 7. The minimum absolute atomic E-state index is 0.161. The summed E-state index contributed by atoms with van der Waals surface area (Å²) in [7, 11) is 1.87. The molecule has 0 saturated carbocycles. The Morgan fingerprint density at radius 3 is 2.53 bits per heavy atom. The van der Waals surface area contributed by atoms with Crippen molar-refractivity contribution in [1.82, 2.24) is 20.5 Å². The van der Waals surface area contributed by atoms with Crippen molar-refractivity contribution in [2.45, 2.75) is 33.4 Å². The molecule has 2 heterocycles. The van der Waals surface area contributed by atoms with Crippen molar-refractivity contribution in [2.24, 2.45) is 0 Å². The zero-order valence-electron chi connectivity index (χ0n) is 17.3. The Morgan fingerprint density at radius 2 is 1.93 bits per heavy atom. The van der Waals surface area contributed by atoms with Crippen molar-refractivity contribution in [3.8, 4) is 5.88 Å². The van der Waals surface area contributed by atoms with Gasteiger partial charge in [-0.05, 0) is 44.5 Å². The molecule has 30 heavy (non-hydrogen) atoms. The molecule has 7 nitrogen and oxygen atoms in total. The highest BCUT2D eigenvalue weighted by molar-refractivity contribution is 7.11. The summed E-state index contributed by atoms with van der Waals surface area (Å²) in [5, 5.41) is 12.0. The lowest BCUT2D eigenvalue weighted by Gasteiger charge is -2.17. The molecule has 0 aliphatic rings. The van der Waals surface area contributed by atoms with E-state index in [0.29, 0.717) is 12.4 Å². The van der Waals surface area contributed by atoms with Crippen LogP contribution in [0.15, 0.2) is 36.4 Å².